The molecule has 2 amide bonds. The normalized spacial score (nSPS) is 14.2. The third-order valence-corrected chi connectivity index (χ3v) is 7.20. The Balaban J connectivity index is 1.46. The van der Waals surface area contributed by atoms with Crippen molar-refractivity contribution < 1.29 is 9.59 Å². The van der Waals surface area contributed by atoms with E-state index < -0.39 is 0 Å². The van der Waals surface area contributed by atoms with E-state index in [1.54, 1.807) is 6.07 Å². The Hall–Kier alpha value is -2.28. The second-order valence-electron chi connectivity index (χ2n) is 7.08. The molecule has 1 aliphatic heterocycles. The van der Waals surface area contributed by atoms with Gasteiger partial charge >= 0.3 is 0 Å². The lowest BCUT2D eigenvalue weighted by Crippen LogP contribution is -2.48. The Morgan fingerprint density at radius 1 is 1.07 bits per heavy atom. The summed E-state index contributed by atoms with van der Waals surface area (Å²) in [6.07, 6.45) is 0.527. The molecule has 30 heavy (non-hydrogen) atoms. The number of halogens is 2. The van der Waals surface area contributed by atoms with Gasteiger partial charge in [-0.1, -0.05) is 48.3 Å². The summed E-state index contributed by atoms with van der Waals surface area (Å²) in [5.41, 5.74) is 1.51. The highest BCUT2D eigenvalue weighted by Gasteiger charge is 2.22. The van der Waals surface area contributed by atoms with E-state index in [9.17, 15) is 9.59 Å². The molecular weight excluding hydrogens is 441 g/mol. The fourth-order valence-electron chi connectivity index (χ4n) is 3.61. The van der Waals surface area contributed by atoms with Crippen LogP contribution in [0.5, 0.6) is 0 Å². The highest BCUT2D eigenvalue weighted by atomic mass is 35.5. The van der Waals surface area contributed by atoms with Crippen molar-refractivity contribution in [1.29, 1.82) is 0 Å². The predicted octanol–water partition coefficient (Wildman–Crippen LogP) is 5.52. The average molecular weight is 462 g/mol. The number of hydrogen-bond donors (Lipinski definition) is 1. The molecule has 0 atom stereocenters. The van der Waals surface area contributed by atoms with Gasteiger partial charge in [0.05, 0.1) is 15.7 Å². The van der Waals surface area contributed by atoms with Gasteiger partial charge in [-0.2, -0.15) is 0 Å². The maximum absolute atomic E-state index is 12.8. The second kappa shape index (κ2) is 8.84. The molecule has 0 spiro atoms. The number of nitrogens with zero attached hydrogens (tertiary/aromatic N) is 2. The van der Waals surface area contributed by atoms with Gasteiger partial charge in [0.2, 0.25) is 5.91 Å². The molecule has 8 heteroatoms. The second-order valence-corrected chi connectivity index (χ2v) is 8.92. The fraction of sp³-hybridized carbons (Fsp3) is 0.273. The van der Waals surface area contributed by atoms with Gasteiger partial charge < -0.3 is 15.1 Å². The lowest BCUT2D eigenvalue weighted by molar-refractivity contribution is -0.131. The van der Waals surface area contributed by atoms with Crippen LogP contribution < -0.4 is 10.2 Å². The van der Waals surface area contributed by atoms with Crippen LogP contribution in [-0.2, 0) is 4.79 Å². The van der Waals surface area contributed by atoms with E-state index in [0.29, 0.717) is 40.1 Å². The summed E-state index contributed by atoms with van der Waals surface area (Å²) in [5.74, 6) is -0.0737. The average Bonchev–Trinajstić information content (AvgIpc) is 3.10. The van der Waals surface area contributed by atoms with Gasteiger partial charge in [-0.3, -0.25) is 9.59 Å². The van der Waals surface area contributed by atoms with E-state index in [2.05, 4.69) is 10.2 Å². The van der Waals surface area contributed by atoms with Crippen LogP contribution in [0.15, 0.2) is 42.5 Å². The third-order valence-electron chi connectivity index (χ3n) is 5.22. The number of hydrogen-bond acceptors (Lipinski definition) is 4. The minimum atomic E-state index is -0.253. The van der Waals surface area contributed by atoms with Crippen LogP contribution in [0.3, 0.4) is 0 Å². The number of rotatable bonds is 4. The van der Waals surface area contributed by atoms with Gasteiger partial charge in [0.25, 0.3) is 5.91 Å². The molecule has 0 bridgehead atoms. The largest absolute Gasteiger partial charge is 0.367 e. The van der Waals surface area contributed by atoms with Crippen molar-refractivity contribution in [2.24, 2.45) is 0 Å². The number of nitrogens with one attached hydrogen (secondary N) is 1. The van der Waals surface area contributed by atoms with Gasteiger partial charge in [-0.25, -0.2) is 0 Å². The molecule has 1 N–H and O–H groups in total. The first kappa shape index (κ1) is 21.0. The van der Waals surface area contributed by atoms with E-state index in [4.69, 9.17) is 23.2 Å². The number of fused-ring (bicyclic) bond motifs is 1. The Morgan fingerprint density at radius 3 is 2.47 bits per heavy atom. The fourth-order valence-corrected chi connectivity index (χ4v) is 5.32. The van der Waals surface area contributed by atoms with Crippen molar-refractivity contribution in [3.63, 3.8) is 0 Å². The van der Waals surface area contributed by atoms with E-state index in [1.165, 1.54) is 11.3 Å². The lowest BCUT2D eigenvalue weighted by Gasteiger charge is -2.36. The molecule has 0 radical (unpaired) electrons. The van der Waals surface area contributed by atoms with Gasteiger partial charge in [0, 0.05) is 48.4 Å². The number of amides is 2. The van der Waals surface area contributed by atoms with Gasteiger partial charge in [-0.05, 0) is 24.3 Å². The summed E-state index contributed by atoms with van der Waals surface area (Å²) >= 11 is 14.3. The molecule has 5 nitrogen and oxygen atoms in total. The summed E-state index contributed by atoms with van der Waals surface area (Å²) in [6.45, 7) is 4.71. The van der Waals surface area contributed by atoms with Crippen LogP contribution in [-0.4, -0.2) is 42.9 Å². The van der Waals surface area contributed by atoms with Crippen LogP contribution in [0.1, 0.15) is 23.0 Å². The first-order valence-electron chi connectivity index (χ1n) is 9.78. The molecule has 3 aromatic rings. The van der Waals surface area contributed by atoms with Crippen LogP contribution in [0.25, 0.3) is 10.1 Å². The van der Waals surface area contributed by atoms with Gasteiger partial charge in [-0.15, -0.1) is 11.3 Å². The number of carbonyl (C=O) groups is 2. The Bertz CT molecular complexity index is 1110. The van der Waals surface area contributed by atoms with Crippen LogP contribution in [0, 0.1) is 0 Å². The third kappa shape index (κ3) is 4.13. The van der Waals surface area contributed by atoms with Gasteiger partial charge in [0.15, 0.2) is 0 Å². The molecule has 156 valence electrons. The number of carbonyl (C=O) groups excluding carboxylic acids is 2. The molecule has 4 rings (SSSR count). The van der Waals surface area contributed by atoms with Crippen LogP contribution in [0.4, 0.5) is 11.4 Å². The van der Waals surface area contributed by atoms with Crippen molar-refractivity contribution in [2.45, 2.75) is 13.3 Å². The van der Waals surface area contributed by atoms with Gasteiger partial charge in [0.1, 0.15) is 4.88 Å². The predicted molar refractivity (Wildman–Crippen MR) is 125 cm³/mol. The zero-order valence-corrected chi connectivity index (χ0v) is 18.8. The van der Waals surface area contributed by atoms with Crippen molar-refractivity contribution in [3.05, 3.63) is 57.4 Å². The maximum Gasteiger partial charge on any atom is 0.267 e. The molecule has 0 unspecified atom stereocenters. The maximum atomic E-state index is 12.8. The minimum Gasteiger partial charge on any atom is -0.367 e. The SMILES string of the molecule is CCC(=O)N1CCN(c2ccc(NC(=O)c3sc4ccccc4c3Cl)cc2Cl)CC1. The Kier molecular flexibility index (Phi) is 6.18. The molecule has 1 saturated heterocycles. The lowest BCUT2D eigenvalue weighted by atomic mass is 10.2. The van der Waals surface area contributed by atoms with Crippen molar-refractivity contribution >= 4 is 67.8 Å². The summed E-state index contributed by atoms with van der Waals surface area (Å²) in [6, 6.07) is 13.2. The van der Waals surface area contributed by atoms with E-state index in [1.807, 2.05) is 48.2 Å². The van der Waals surface area contributed by atoms with Crippen LogP contribution in [0.2, 0.25) is 10.0 Å². The van der Waals surface area contributed by atoms with E-state index >= 15 is 0 Å². The minimum absolute atomic E-state index is 0.179. The van der Waals surface area contributed by atoms with E-state index in [0.717, 1.165) is 28.9 Å². The monoisotopic (exact) mass is 461 g/mol. The molecule has 0 saturated carbocycles. The standard InChI is InChI=1S/C22H21Cl2N3O2S/c1-2-19(28)27-11-9-26(10-12-27)17-8-7-14(13-16(17)23)25-22(29)21-20(24)15-5-3-4-6-18(15)30-21/h3-8,13H,2,9-12H2,1H3,(H,25,29). The zero-order valence-electron chi connectivity index (χ0n) is 16.5. The first-order chi connectivity index (χ1) is 14.5. The highest BCUT2D eigenvalue weighted by Crippen LogP contribution is 2.36. The first-order valence-corrected chi connectivity index (χ1v) is 11.4. The number of thiophene rings is 1. The molecule has 2 heterocycles. The highest BCUT2D eigenvalue weighted by molar-refractivity contribution is 7.21. The molecule has 1 aromatic heterocycles. The van der Waals surface area contributed by atoms with E-state index in [-0.39, 0.29) is 11.8 Å². The topological polar surface area (TPSA) is 52.7 Å². The zero-order chi connectivity index (χ0) is 21.3. The molecular formula is C22H21Cl2N3O2S. The quantitative estimate of drug-likeness (QED) is 0.556. The Labute approximate surface area is 189 Å². The van der Waals surface area contributed by atoms with Crippen molar-refractivity contribution in [3.8, 4) is 0 Å². The Morgan fingerprint density at radius 2 is 1.80 bits per heavy atom. The number of benzene rings is 2. The summed E-state index contributed by atoms with van der Waals surface area (Å²) < 4.78 is 0.974. The summed E-state index contributed by atoms with van der Waals surface area (Å²) in [7, 11) is 0. The smallest absolute Gasteiger partial charge is 0.267 e. The van der Waals surface area contributed by atoms with Crippen molar-refractivity contribution in [1.82, 2.24) is 4.90 Å². The molecule has 1 aliphatic rings. The number of anilines is 2. The summed E-state index contributed by atoms with van der Waals surface area (Å²) in [4.78, 5) is 29.1. The number of piperazine rings is 1. The molecule has 2 aromatic carbocycles. The molecule has 1 fully saturated rings. The van der Waals surface area contributed by atoms with Crippen LogP contribution >= 0.6 is 34.5 Å². The molecule has 0 aliphatic carbocycles. The van der Waals surface area contributed by atoms with Crippen molar-refractivity contribution in [2.75, 3.05) is 36.4 Å². The summed E-state index contributed by atoms with van der Waals surface area (Å²) in [5, 5.41) is 4.80.